The van der Waals surface area contributed by atoms with Gasteiger partial charge >= 0.3 is 0 Å². The monoisotopic (exact) mass is 265 g/mol. The Labute approximate surface area is 111 Å². The number of para-hydroxylation sites is 1. The molecule has 1 aromatic carbocycles. The van der Waals surface area contributed by atoms with Crippen LogP contribution in [-0.4, -0.2) is 21.3 Å². The van der Waals surface area contributed by atoms with E-state index in [4.69, 9.17) is 17.3 Å². The Hall–Kier alpha value is -1.55. The number of nitrogens with two attached hydrogens (primary N) is 1. The van der Waals surface area contributed by atoms with E-state index in [0.29, 0.717) is 25.3 Å². The van der Waals surface area contributed by atoms with Crippen molar-refractivity contribution in [3.8, 4) is 0 Å². The number of imidazole rings is 1. The quantitative estimate of drug-likeness (QED) is 0.841. The Morgan fingerprint density at radius 2 is 2.28 bits per heavy atom. The molecule has 1 amide bonds. The van der Waals surface area contributed by atoms with Gasteiger partial charge in [-0.05, 0) is 18.6 Å². The molecule has 1 heterocycles. The molecule has 5 heteroatoms. The lowest BCUT2D eigenvalue weighted by atomic mass is 10.2. The number of aromatic nitrogens is 2. The number of alkyl halides is 1. The molecule has 0 fully saturated rings. The minimum absolute atomic E-state index is 0.304. The molecule has 0 bridgehead atoms. The molecular weight excluding hydrogens is 250 g/mol. The average Bonchev–Trinajstić information content (AvgIpc) is 2.66. The molecule has 0 unspecified atom stereocenters. The lowest BCUT2D eigenvalue weighted by molar-refractivity contribution is -0.118. The Kier molecular flexibility index (Phi) is 3.87. The van der Waals surface area contributed by atoms with Gasteiger partial charge in [0.25, 0.3) is 0 Å². The summed E-state index contributed by atoms with van der Waals surface area (Å²) >= 11 is 5.79. The number of nitrogens with zero attached hydrogens (tertiary/aromatic N) is 2. The summed E-state index contributed by atoms with van der Waals surface area (Å²) in [6, 6.07) is 6.02. The number of primary amides is 1. The Balaban J connectivity index is 2.48. The molecule has 96 valence electrons. The van der Waals surface area contributed by atoms with Crippen LogP contribution in [0.2, 0.25) is 0 Å². The summed E-state index contributed by atoms with van der Waals surface area (Å²) in [6.45, 7) is 2.58. The van der Waals surface area contributed by atoms with Gasteiger partial charge in [0.15, 0.2) is 0 Å². The Morgan fingerprint density at radius 1 is 1.50 bits per heavy atom. The maximum atomic E-state index is 10.9. The minimum Gasteiger partial charge on any atom is -0.370 e. The normalized spacial score (nSPS) is 11.0. The van der Waals surface area contributed by atoms with Crippen molar-refractivity contribution in [2.24, 2.45) is 5.73 Å². The summed E-state index contributed by atoms with van der Waals surface area (Å²) in [4.78, 5) is 15.5. The van der Waals surface area contributed by atoms with Crippen molar-refractivity contribution in [1.29, 1.82) is 0 Å². The SMILES string of the molecule is Cc1cccc2c1nc(CCCl)n2CCC(N)=O. The zero-order valence-electron chi connectivity index (χ0n) is 10.3. The molecule has 0 spiro atoms. The van der Waals surface area contributed by atoms with Crippen LogP contribution in [-0.2, 0) is 17.8 Å². The second kappa shape index (κ2) is 5.40. The lowest BCUT2D eigenvalue weighted by Crippen LogP contribution is -2.15. The predicted molar refractivity (Wildman–Crippen MR) is 72.7 cm³/mol. The van der Waals surface area contributed by atoms with E-state index in [0.717, 1.165) is 22.4 Å². The summed E-state index contributed by atoms with van der Waals surface area (Å²) in [5.41, 5.74) is 8.35. The highest BCUT2D eigenvalue weighted by atomic mass is 35.5. The standard InChI is InChI=1S/C13H16ClN3O/c1-9-3-2-4-10-13(9)16-12(5-7-14)17(10)8-6-11(15)18/h2-4H,5-8H2,1H3,(H2,15,18). The van der Waals surface area contributed by atoms with Crippen molar-refractivity contribution in [3.05, 3.63) is 29.6 Å². The van der Waals surface area contributed by atoms with Crippen LogP contribution in [0.15, 0.2) is 18.2 Å². The van der Waals surface area contributed by atoms with Gasteiger partial charge in [-0.15, -0.1) is 11.6 Å². The third kappa shape index (κ3) is 2.48. The molecule has 0 aliphatic rings. The fourth-order valence-electron chi connectivity index (χ4n) is 2.08. The summed E-state index contributed by atoms with van der Waals surface area (Å²) < 4.78 is 2.04. The van der Waals surface area contributed by atoms with E-state index in [-0.39, 0.29) is 5.91 Å². The van der Waals surface area contributed by atoms with Crippen LogP contribution < -0.4 is 5.73 Å². The first-order valence-corrected chi connectivity index (χ1v) is 6.46. The van der Waals surface area contributed by atoms with Crippen LogP contribution >= 0.6 is 11.6 Å². The second-order valence-corrected chi connectivity index (χ2v) is 4.66. The minimum atomic E-state index is -0.304. The fraction of sp³-hybridized carbons (Fsp3) is 0.385. The van der Waals surface area contributed by atoms with E-state index in [1.165, 1.54) is 0 Å². The fourth-order valence-corrected chi connectivity index (χ4v) is 2.25. The largest absolute Gasteiger partial charge is 0.370 e. The molecule has 18 heavy (non-hydrogen) atoms. The van der Waals surface area contributed by atoms with E-state index in [1.54, 1.807) is 0 Å². The van der Waals surface area contributed by atoms with Crippen molar-refractivity contribution in [2.45, 2.75) is 26.3 Å². The maximum Gasteiger partial charge on any atom is 0.219 e. The van der Waals surface area contributed by atoms with Gasteiger partial charge in [0.1, 0.15) is 5.82 Å². The first-order valence-electron chi connectivity index (χ1n) is 5.92. The Bertz CT molecular complexity index is 577. The number of carbonyl (C=O) groups excluding carboxylic acids is 1. The Morgan fingerprint density at radius 3 is 2.94 bits per heavy atom. The van der Waals surface area contributed by atoms with Crippen LogP contribution in [0.5, 0.6) is 0 Å². The number of carbonyl (C=O) groups is 1. The van der Waals surface area contributed by atoms with E-state index in [2.05, 4.69) is 4.98 Å². The summed E-state index contributed by atoms with van der Waals surface area (Å²) in [6.07, 6.45) is 1.00. The highest BCUT2D eigenvalue weighted by Crippen LogP contribution is 2.20. The van der Waals surface area contributed by atoms with Crippen molar-refractivity contribution in [3.63, 3.8) is 0 Å². The van der Waals surface area contributed by atoms with Crippen molar-refractivity contribution >= 4 is 28.5 Å². The molecule has 2 rings (SSSR count). The number of fused-ring (bicyclic) bond motifs is 1. The van der Waals surface area contributed by atoms with Gasteiger partial charge in [-0.25, -0.2) is 4.98 Å². The topological polar surface area (TPSA) is 60.9 Å². The van der Waals surface area contributed by atoms with E-state index in [9.17, 15) is 4.79 Å². The van der Waals surface area contributed by atoms with Gasteiger partial charge in [-0.2, -0.15) is 0 Å². The third-order valence-electron chi connectivity index (χ3n) is 2.96. The number of aryl methyl sites for hydroxylation is 3. The molecule has 0 aliphatic carbocycles. The van der Waals surface area contributed by atoms with Gasteiger partial charge < -0.3 is 10.3 Å². The molecule has 0 saturated heterocycles. The van der Waals surface area contributed by atoms with Gasteiger partial charge in [0.2, 0.25) is 5.91 Å². The van der Waals surface area contributed by atoms with Gasteiger partial charge in [0, 0.05) is 25.3 Å². The first kappa shape index (κ1) is 12.9. The molecule has 0 saturated carbocycles. The molecule has 4 nitrogen and oxygen atoms in total. The van der Waals surface area contributed by atoms with Crippen LogP contribution in [0.4, 0.5) is 0 Å². The number of halogens is 1. The van der Waals surface area contributed by atoms with Crippen LogP contribution in [0.25, 0.3) is 11.0 Å². The third-order valence-corrected chi connectivity index (χ3v) is 3.15. The summed E-state index contributed by atoms with van der Waals surface area (Å²) in [7, 11) is 0. The molecule has 0 atom stereocenters. The van der Waals surface area contributed by atoms with Gasteiger partial charge in [-0.1, -0.05) is 12.1 Å². The molecule has 0 radical (unpaired) electrons. The lowest BCUT2D eigenvalue weighted by Gasteiger charge is -2.06. The number of hydrogen-bond acceptors (Lipinski definition) is 2. The van der Waals surface area contributed by atoms with Crippen molar-refractivity contribution < 1.29 is 4.79 Å². The van der Waals surface area contributed by atoms with Crippen LogP contribution in [0.3, 0.4) is 0 Å². The number of hydrogen-bond donors (Lipinski definition) is 1. The summed E-state index contributed by atoms with van der Waals surface area (Å²) in [5, 5.41) is 0. The second-order valence-electron chi connectivity index (χ2n) is 4.28. The van der Waals surface area contributed by atoms with Crippen molar-refractivity contribution in [1.82, 2.24) is 9.55 Å². The van der Waals surface area contributed by atoms with E-state index < -0.39 is 0 Å². The van der Waals surface area contributed by atoms with E-state index in [1.807, 2.05) is 29.7 Å². The van der Waals surface area contributed by atoms with Crippen LogP contribution in [0.1, 0.15) is 17.8 Å². The zero-order chi connectivity index (χ0) is 13.1. The number of rotatable bonds is 5. The molecule has 0 aliphatic heterocycles. The van der Waals surface area contributed by atoms with Crippen molar-refractivity contribution in [2.75, 3.05) is 5.88 Å². The molecular formula is C13H16ClN3O. The maximum absolute atomic E-state index is 10.9. The number of benzene rings is 1. The van der Waals surface area contributed by atoms with Gasteiger partial charge in [-0.3, -0.25) is 4.79 Å². The smallest absolute Gasteiger partial charge is 0.219 e. The predicted octanol–water partition coefficient (Wildman–Crippen LogP) is 2.00. The molecule has 1 aromatic heterocycles. The highest BCUT2D eigenvalue weighted by molar-refractivity contribution is 6.17. The summed E-state index contributed by atoms with van der Waals surface area (Å²) in [5.74, 6) is 1.12. The van der Waals surface area contributed by atoms with Gasteiger partial charge in [0.05, 0.1) is 11.0 Å². The zero-order valence-corrected chi connectivity index (χ0v) is 11.1. The molecule has 2 N–H and O–H groups in total. The highest BCUT2D eigenvalue weighted by Gasteiger charge is 2.12. The number of amides is 1. The van der Waals surface area contributed by atoms with Crippen LogP contribution in [0, 0.1) is 6.92 Å². The molecule has 2 aromatic rings. The van der Waals surface area contributed by atoms with E-state index >= 15 is 0 Å². The first-order chi connectivity index (χ1) is 8.63. The average molecular weight is 266 g/mol.